The third-order valence-electron chi connectivity index (χ3n) is 9.72. The van der Waals surface area contributed by atoms with Crippen LogP contribution < -0.4 is 20.1 Å². The quantitative estimate of drug-likeness (QED) is 0.262. The summed E-state index contributed by atoms with van der Waals surface area (Å²) in [6.45, 7) is 3.65. The van der Waals surface area contributed by atoms with E-state index in [2.05, 4.69) is 22.2 Å². The fourth-order valence-corrected chi connectivity index (χ4v) is 7.30. The summed E-state index contributed by atoms with van der Waals surface area (Å²) in [7, 11) is 0. The van der Waals surface area contributed by atoms with Crippen LogP contribution in [0.15, 0.2) is 49.3 Å². The largest absolute Gasteiger partial charge is 0.488 e. The average Bonchev–Trinajstić information content (AvgIpc) is 3.33. The number of aliphatic carboxylic acids is 1. The monoisotopic (exact) mass is 680 g/mol. The number of hydrogen-bond acceptors (Lipinski definition) is 8. The lowest BCUT2D eigenvalue weighted by molar-refractivity contribution is -0.145. The van der Waals surface area contributed by atoms with Crippen LogP contribution in [0.2, 0.25) is 5.02 Å². The number of carboxylic acid groups (broad SMARTS) is 1. The normalized spacial score (nSPS) is 28.6. The molecule has 2 aliphatic carbocycles. The lowest BCUT2D eigenvalue weighted by atomic mass is 10.0. The number of amides is 3. The highest BCUT2D eigenvalue weighted by atomic mass is 35.5. The molecule has 13 heteroatoms. The number of nitrogens with zero attached hydrogens (tertiary/aromatic N) is 2. The summed E-state index contributed by atoms with van der Waals surface area (Å²) >= 11 is 6.44. The summed E-state index contributed by atoms with van der Waals surface area (Å²) in [5.41, 5.74) is -0.977. The molecular weight excluding hydrogens is 640 g/mol. The molecule has 12 nitrogen and oxygen atoms in total. The minimum absolute atomic E-state index is 0.0517. The van der Waals surface area contributed by atoms with Gasteiger partial charge < -0.3 is 34.9 Å². The first-order valence-corrected chi connectivity index (χ1v) is 17.1. The van der Waals surface area contributed by atoms with E-state index in [4.69, 9.17) is 25.8 Å². The van der Waals surface area contributed by atoms with Gasteiger partial charge in [-0.3, -0.25) is 9.59 Å². The number of benzene rings is 1. The Morgan fingerprint density at radius 1 is 1.15 bits per heavy atom. The highest BCUT2D eigenvalue weighted by molar-refractivity contribution is 6.35. The molecule has 3 heterocycles. The Morgan fingerprint density at radius 2 is 1.94 bits per heavy atom. The Morgan fingerprint density at radius 3 is 2.71 bits per heavy atom. The molecule has 3 N–H and O–H groups in total. The summed E-state index contributed by atoms with van der Waals surface area (Å²) in [5.74, 6) is -1.78. The number of aromatic nitrogens is 1. The number of carboxylic acids is 1. The van der Waals surface area contributed by atoms with Gasteiger partial charge in [-0.05, 0) is 63.5 Å². The average molecular weight is 681 g/mol. The smallest absolute Gasteiger partial charge is 0.407 e. The summed E-state index contributed by atoms with van der Waals surface area (Å²) in [6, 6.07) is 5.34. The first kappa shape index (κ1) is 33.6. The Hall–Kier alpha value is -4.32. The molecule has 0 radical (unpaired) electrons. The Bertz CT molecular complexity index is 1610. The third-order valence-corrected chi connectivity index (χ3v) is 10.0. The van der Waals surface area contributed by atoms with Gasteiger partial charge in [-0.2, -0.15) is 0 Å². The maximum atomic E-state index is 14.0. The van der Waals surface area contributed by atoms with Gasteiger partial charge in [0.2, 0.25) is 17.7 Å². The van der Waals surface area contributed by atoms with Crippen LogP contribution in [-0.2, 0) is 19.1 Å². The van der Waals surface area contributed by atoms with E-state index in [1.165, 1.54) is 11.2 Å². The van der Waals surface area contributed by atoms with Crippen LogP contribution in [-0.4, -0.2) is 75.2 Å². The van der Waals surface area contributed by atoms with Gasteiger partial charge in [0.25, 0.3) is 0 Å². The molecule has 3 fully saturated rings. The molecular formula is C35H41ClN4O8. The summed E-state index contributed by atoms with van der Waals surface area (Å²) in [4.78, 5) is 59.0. The minimum atomic E-state index is -1.43. The second-order valence-electron chi connectivity index (χ2n) is 13.1. The Kier molecular flexibility index (Phi) is 10.1. The number of para-hydroxylation sites is 1. The van der Waals surface area contributed by atoms with E-state index >= 15 is 0 Å². The SMILES string of the molecule is C=COc1cc(O[C@@H]2C[C@H]3C(=O)N[C@]4(C(=O)O)C[C@H]4/C=C\CCCC[C@H](NC(=O)OC4CCCC4)CC(=O)N3C2)c2cccc(Cl)c2n1. The maximum Gasteiger partial charge on any atom is 0.407 e. The molecule has 4 aliphatic rings. The van der Waals surface area contributed by atoms with Gasteiger partial charge in [0, 0.05) is 36.3 Å². The predicted molar refractivity (Wildman–Crippen MR) is 177 cm³/mol. The van der Waals surface area contributed by atoms with Gasteiger partial charge >= 0.3 is 12.1 Å². The summed E-state index contributed by atoms with van der Waals surface area (Å²) < 4.78 is 17.5. The highest BCUT2D eigenvalue weighted by Crippen LogP contribution is 2.45. The van der Waals surface area contributed by atoms with E-state index in [0.29, 0.717) is 28.1 Å². The van der Waals surface area contributed by atoms with Gasteiger partial charge in [0.15, 0.2) is 0 Å². The lowest BCUT2D eigenvalue weighted by Crippen LogP contribution is -2.53. The number of ether oxygens (including phenoxy) is 3. The van der Waals surface area contributed by atoms with Crippen LogP contribution in [0.1, 0.15) is 70.6 Å². The Labute approximate surface area is 283 Å². The summed E-state index contributed by atoms with van der Waals surface area (Å²) in [6.07, 6.45) is 10.5. The molecule has 1 aromatic carbocycles. The van der Waals surface area contributed by atoms with Crippen LogP contribution in [0, 0.1) is 5.92 Å². The second-order valence-corrected chi connectivity index (χ2v) is 13.5. The molecule has 3 amide bonds. The zero-order valence-electron chi connectivity index (χ0n) is 26.7. The second kappa shape index (κ2) is 14.4. The first-order chi connectivity index (χ1) is 23.2. The van der Waals surface area contributed by atoms with Crippen molar-refractivity contribution < 1.29 is 38.5 Å². The molecule has 2 saturated carbocycles. The molecule has 5 atom stereocenters. The standard InChI is InChI=1S/C35H41ClN4O8/c1-2-46-29-18-28(25-14-9-15-26(36)31(25)38-29)47-24-17-27-32(42)39-35(33(43)44)19-21(35)10-5-3-4-6-11-22(16-30(41)40(27)20-24)37-34(45)48-23-12-7-8-13-23/h2,5,9-10,14-15,18,21-24,27H,1,3-4,6-8,11-13,16-17,19-20H2,(H,37,45)(H,39,42)(H,43,44)/b10-5-/t21-,22+,24-,27+,35-/m1/s1. The van der Waals surface area contributed by atoms with Crippen molar-refractivity contribution in [3.8, 4) is 11.6 Å². The fraction of sp³-hybridized carbons (Fsp3) is 0.514. The maximum absolute atomic E-state index is 14.0. The number of hydrogen-bond donors (Lipinski definition) is 3. The number of nitrogens with one attached hydrogen (secondary N) is 2. The molecule has 0 bridgehead atoms. The Balaban J connectivity index is 1.26. The zero-order valence-corrected chi connectivity index (χ0v) is 27.5. The molecule has 6 rings (SSSR count). The number of alkyl carbamates (subject to hydrolysis) is 1. The van der Waals surface area contributed by atoms with Gasteiger partial charge in [0.1, 0.15) is 29.5 Å². The van der Waals surface area contributed by atoms with Crippen molar-refractivity contribution in [3.63, 3.8) is 0 Å². The highest BCUT2D eigenvalue weighted by Gasteiger charge is 2.61. The van der Waals surface area contributed by atoms with E-state index < -0.39 is 41.7 Å². The molecule has 1 saturated heterocycles. The third kappa shape index (κ3) is 7.38. The molecule has 2 aromatic rings. The van der Waals surface area contributed by atoms with E-state index in [1.807, 2.05) is 12.2 Å². The van der Waals surface area contributed by atoms with Crippen molar-refractivity contribution in [1.29, 1.82) is 0 Å². The van der Waals surface area contributed by atoms with Crippen molar-refractivity contribution >= 4 is 46.4 Å². The van der Waals surface area contributed by atoms with E-state index in [-0.39, 0.29) is 49.6 Å². The molecule has 0 unspecified atom stereocenters. The molecule has 256 valence electrons. The van der Waals surface area contributed by atoms with Crippen LogP contribution >= 0.6 is 11.6 Å². The van der Waals surface area contributed by atoms with Gasteiger partial charge in [-0.15, -0.1) is 0 Å². The van der Waals surface area contributed by atoms with E-state index in [9.17, 15) is 24.3 Å². The number of carbonyl (C=O) groups is 4. The van der Waals surface area contributed by atoms with Gasteiger partial charge in [0.05, 0.1) is 23.3 Å². The van der Waals surface area contributed by atoms with E-state index in [1.54, 1.807) is 24.3 Å². The molecule has 1 aromatic heterocycles. The van der Waals surface area contributed by atoms with Crippen molar-refractivity contribution in [2.24, 2.45) is 5.92 Å². The van der Waals surface area contributed by atoms with Crippen LogP contribution in [0.25, 0.3) is 10.9 Å². The van der Waals surface area contributed by atoms with Crippen LogP contribution in [0.5, 0.6) is 11.6 Å². The fourth-order valence-electron chi connectivity index (χ4n) is 7.08. The van der Waals surface area contributed by atoms with Crippen molar-refractivity contribution in [2.75, 3.05) is 6.54 Å². The van der Waals surface area contributed by atoms with Crippen molar-refractivity contribution in [3.05, 3.63) is 54.3 Å². The lowest BCUT2D eigenvalue weighted by Gasteiger charge is -2.27. The van der Waals surface area contributed by atoms with Gasteiger partial charge in [-0.25, -0.2) is 14.6 Å². The summed E-state index contributed by atoms with van der Waals surface area (Å²) in [5, 5.41) is 16.8. The minimum Gasteiger partial charge on any atom is -0.488 e. The van der Waals surface area contributed by atoms with Crippen molar-refractivity contribution in [2.45, 2.75) is 100 Å². The van der Waals surface area contributed by atoms with E-state index in [0.717, 1.165) is 44.9 Å². The van der Waals surface area contributed by atoms with Crippen LogP contribution in [0.4, 0.5) is 4.79 Å². The number of pyridine rings is 1. The van der Waals surface area contributed by atoms with Crippen LogP contribution in [0.3, 0.4) is 0 Å². The molecule has 0 spiro atoms. The zero-order chi connectivity index (χ0) is 33.8. The van der Waals surface area contributed by atoms with Gasteiger partial charge in [-0.1, -0.05) is 42.8 Å². The van der Waals surface area contributed by atoms with Crippen molar-refractivity contribution in [1.82, 2.24) is 20.5 Å². The predicted octanol–water partition coefficient (Wildman–Crippen LogP) is 5.28. The topological polar surface area (TPSA) is 156 Å². The number of fused-ring (bicyclic) bond motifs is 3. The number of carbonyl (C=O) groups excluding carboxylic acids is 3. The number of rotatable bonds is 7. The molecule has 2 aliphatic heterocycles. The number of allylic oxidation sites excluding steroid dienone is 1. The first-order valence-electron chi connectivity index (χ1n) is 16.7. The molecule has 48 heavy (non-hydrogen) atoms. The number of halogens is 1.